The van der Waals surface area contributed by atoms with Crippen molar-refractivity contribution in [1.82, 2.24) is 5.06 Å². The van der Waals surface area contributed by atoms with Crippen molar-refractivity contribution in [2.45, 2.75) is 26.9 Å². The largest absolute Gasteiger partial charge is 0.473 e. The molecule has 0 bridgehead atoms. The van der Waals surface area contributed by atoms with Crippen LogP contribution in [0.3, 0.4) is 0 Å². The van der Waals surface area contributed by atoms with Gasteiger partial charge >= 0.3 is 12.1 Å². The number of carbonyl (C=O) groups is 1. The van der Waals surface area contributed by atoms with Crippen molar-refractivity contribution in [3.63, 3.8) is 0 Å². The Morgan fingerprint density at radius 3 is 1.93 bits per heavy atom. The summed E-state index contributed by atoms with van der Waals surface area (Å²) in [6, 6.07) is 0. The molecule has 84 valence electrons. The molecular weight excluding hydrogens is 199 g/mol. The summed E-state index contributed by atoms with van der Waals surface area (Å²) in [6.45, 7) is 5.02. The number of alkyl halides is 3. The lowest BCUT2D eigenvalue weighted by molar-refractivity contribution is -0.227. The average molecular weight is 213 g/mol. The van der Waals surface area contributed by atoms with Crippen LogP contribution < -0.4 is 0 Å². The van der Waals surface area contributed by atoms with E-state index in [1.165, 1.54) is 0 Å². The lowest BCUT2D eigenvalue weighted by Crippen LogP contribution is -2.44. The molecule has 6 heteroatoms. The summed E-state index contributed by atoms with van der Waals surface area (Å²) in [5, 5.41) is 0.319. The highest BCUT2D eigenvalue weighted by molar-refractivity contribution is 5.80. The molecule has 0 aromatic carbocycles. The zero-order valence-corrected chi connectivity index (χ0v) is 8.60. The Morgan fingerprint density at radius 1 is 1.29 bits per heavy atom. The molecule has 0 N–H and O–H groups in total. The lowest BCUT2D eigenvalue weighted by atomic mass is 9.97. The molecule has 0 aliphatic rings. The fraction of sp³-hybridized carbons (Fsp3) is 0.875. The van der Waals surface area contributed by atoms with Gasteiger partial charge in [0.2, 0.25) is 0 Å². The number of halogens is 3. The van der Waals surface area contributed by atoms with Gasteiger partial charge in [0.15, 0.2) is 0 Å². The second-order valence-electron chi connectivity index (χ2n) is 4.08. The highest BCUT2D eigenvalue weighted by Crippen LogP contribution is 2.22. The third kappa shape index (κ3) is 4.45. The molecule has 0 rings (SSSR count). The Balaban J connectivity index is 4.51. The van der Waals surface area contributed by atoms with Crippen molar-refractivity contribution in [2.24, 2.45) is 5.41 Å². The van der Waals surface area contributed by atoms with Gasteiger partial charge in [-0.3, -0.25) is 9.63 Å². The van der Waals surface area contributed by atoms with E-state index in [-0.39, 0.29) is 6.54 Å². The fourth-order valence-electron chi connectivity index (χ4n) is 0.791. The molecule has 0 aromatic heterocycles. The van der Waals surface area contributed by atoms with Gasteiger partial charge in [-0.1, -0.05) is 20.8 Å². The van der Waals surface area contributed by atoms with Crippen molar-refractivity contribution >= 4 is 5.91 Å². The number of carbonyl (C=O) groups excluding carboxylic acids is 1. The summed E-state index contributed by atoms with van der Waals surface area (Å²) < 4.78 is 36.0. The average Bonchev–Trinajstić information content (AvgIpc) is 1.95. The minimum Gasteiger partial charge on any atom is -0.274 e. The van der Waals surface area contributed by atoms with E-state index in [9.17, 15) is 18.0 Å². The van der Waals surface area contributed by atoms with Gasteiger partial charge in [0.1, 0.15) is 0 Å². The predicted octanol–water partition coefficient (Wildman–Crippen LogP) is 1.98. The first-order valence-electron chi connectivity index (χ1n) is 4.01. The second kappa shape index (κ2) is 4.16. The molecule has 0 aliphatic heterocycles. The number of rotatable bonds is 2. The standard InChI is InChI=1S/C8H14F3NO2/c1-7(2,3)5-12(14-4)6(13)8(9,10)11/h5H2,1-4H3. The normalized spacial score (nSPS) is 12.8. The van der Waals surface area contributed by atoms with Gasteiger partial charge in [-0.05, 0) is 5.41 Å². The van der Waals surface area contributed by atoms with Crippen LogP contribution in [-0.4, -0.2) is 30.8 Å². The molecule has 14 heavy (non-hydrogen) atoms. The van der Waals surface area contributed by atoms with Crippen molar-refractivity contribution in [3.05, 3.63) is 0 Å². The van der Waals surface area contributed by atoms with E-state index < -0.39 is 17.5 Å². The van der Waals surface area contributed by atoms with Crippen molar-refractivity contribution < 1.29 is 22.8 Å². The highest BCUT2D eigenvalue weighted by Gasteiger charge is 2.43. The quantitative estimate of drug-likeness (QED) is 0.656. The topological polar surface area (TPSA) is 29.5 Å². The van der Waals surface area contributed by atoms with Gasteiger partial charge in [-0.25, -0.2) is 5.06 Å². The molecule has 0 saturated carbocycles. The smallest absolute Gasteiger partial charge is 0.274 e. The van der Waals surface area contributed by atoms with Crippen LogP contribution >= 0.6 is 0 Å². The van der Waals surface area contributed by atoms with Crippen LogP contribution in [0.4, 0.5) is 13.2 Å². The molecule has 0 heterocycles. The first-order chi connectivity index (χ1) is 6.08. The maximum Gasteiger partial charge on any atom is 0.473 e. The zero-order chi connectivity index (χ0) is 11.6. The van der Waals surface area contributed by atoms with Gasteiger partial charge in [-0.2, -0.15) is 13.2 Å². The first-order valence-corrected chi connectivity index (χ1v) is 4.01. The van der Waals surface area contributed by atoms with Crippen LogP contribution in [0.5, 0.6) is 0 Å². The monoisotopic (exact) mass is 213 g/mol. The van der Waals surface area contributed by atoms with Gasteiger partial charge in [-0.15, -0.1) is 0 Å². The van der Waals surface area contributed by atoms with E-state index >= 15 is 0 Å². The Morgan fingerprint density at radius 2 is 1.71 bits per heavy atom. The van der Waals surface area contributed by atoms with E-state index in [1.807, 2.05) is 0 Å². The lowest BCUT2D eigenvalue weighted by Gasteiger charge is -2.28. The molecule has 0 aromatic rings. The minimum absolute atomic E-state index is 0.109. The van der Waals surface area contributed by atoms with E-state index in [1.54, 1.807) is 20.8 Å². The maximum absolute atomic E-state index is 12.0. The summed E-state index contributed by atoms with van der Waals surface area (Å²) in [5.74, 6) is -1.98. The molecule has 0 spiro atoms. The van der Waals surface area contributed by atoms with E-state index in [2.05, 4.69) is 4.84 Å². The van der Waals surface area contributed by atoms with Crippen molar-refractivity contribution in [2.75, 3.05) is 13.7 Å². The molecule has 0 fully saturated rings. The van der Waals surface area contributed by atoms with Gasteiger partial charge in [0.05, 0.1) is 13.7 Å². The summed E-state index contributed by atoms with van der Waals surface area (Å²) in [7, 11) is 1.04. The molecule has 3 nitrogen and oxygen atoms in total. The Labute approximate surface area is 80.8 Å². The molecule has 0 saturated heterocycles. The van der Waals surface area contributed by atoms with E-state index in [0.717, 1.165) is 7.11 Å². The van der Waals surface area contributed by atoms with Crippen LogP contribution in [0.15, 0.2) is 0 Å². The third-order valence-electron chi connectivity index (χ3n) is 1.31. The summed E-state index contributed by atoms with van der Waals surface area (Å²) in [4.78, 5) is 15.1. The van der Waals surface area contributed by atoms with Gasteiger partial charge in [0, 0.05) is 0 Å². The van der Waals surface area contributed by atoms with Crippen LogP contribution in [0.2, 0.25) is 0 Å². The second-order valence-corrected chi connectivity index (χ2v) is 4.08. The summed E-state index contributed by atoms with van der Waals surface area (Å²) in [6.07, 6.45) is -4.89. The van der Waals surface area contributed by atoms with Crippen LogP contribution in [0.1, 0.15) is 20.8 Å². The Hall–Kier alpha value is -0.780. The van der Waals surface area contributed by atoms with Gasteiger partial charge < -0.3 is 0 Å². The maximum atomic E-state index is 12.0. The van der Waals surface area contributed by atoms with Crippen molar-refractivity contribution in [1.29, 1.82) is 0 Å². The molecule has 1 amide bonds. The Kier molecular flexibility index (Phi) is 3.93. The number of amides is 1. The van der Waals surface area contributed by atoms with Crippen LogP contribution in [0, 0.1) is 5.41 Å². The highest BCUT2D eigenvalue weighted by atomic mass is 19.4. The number of nitrogens with zero attached hydrogens (tertiary/aromatic N) is 1. The fourth-order valence-corrected chi connectivity index (χ4v) is 0.791. The van der Waals surface area contributed by atoms with E-state index in [0.29, 0.717) is 5.06 Å². The molecule has 0 atom stereocenters. The number of hydrogen-bond donors (Lipinski definition) is 0. The Bertz CT molecular complexity index is 208. The number of hydrogen-bond acceptors (Lipinski definition) is 2. The third-order valence-corrected chi connectivity index (χ3v) is 1.31. The van der Waals surface area contributed by atoms with Crippen LogP contribution in [-0.2, 0) is 9.63 Å². The molecule has 0 radical (unpaired) electrons. The van der Waals surface area contributed by atoms with E-state index in [4.69, 9.17) is 0 Å². The summed E-state index contributed by atoms with van der Waals surface area (Å²) >= 11 is 0. The molecular formula is C8H14F3NO2. The predicted molar refractivity (Wildman–Crippen MR) is 44.2 cm³/mol. The zero-order valence-electron chi connectivity index (χ0n) is 8.60. The minimum atomic E-state index is -4.89. The molecule has 0 unspecified atom stereocenters. The SMILES string of the molecule is CON(CC(C)(C)C)C(=O)C(F)(F)F. The molecule has 0 aliphatic carbocycles. The van der Waals surface area contributed by atoms with Crippen molar-refractivity contribution in [3.8, 4) is 0 Å². The van der Waals surface area contributed by atoms with Gasteiger partial charge in [0.25, 0.3) is 0 Å². The first kappa shape index (κ1) is 13.2. The van der Waals surface area contributed by atoms with Crippen LogP contribution in [0.25, 0.3) is 0 Å². The summed E-state index contributed by atoms with van der Waals surface area (Å²) in [5.41, 5.74) is -0.448. The number of hydroxylamine groups is 2.